The number of aromatic amines is 1. The molecule has 0 spiro atoms. The molecule has 0 aliphatic heterocycles. The molecule has 162 valence electrons. The summed E-state index contributed by atoms with van der Waals surface area (Å²) in [5.74, 6) is 0.368. The summed E-state index contributed by atoms with van der Waals surface area (Å²) in [4.78, 5) is 16.2. The topological polar surface area (TPSA) is 97.4 Å². The van der Waals surface area contributed by atoms with Crippen LogP contribution in [0.1, 0.15) is 22.4 Å². The summed E-state index contributed by atoms with van der Waals surface area (Å²) in [6, 6.07) is 12.0. The van der Waals surface area contributed by atoms with Crippen molar-refractivity contribution in [3.05, 3.63) is 81.5 Å². The number of H-pyrrole nitrogens is 1. The Balaban J connectivity index is 1.40. The third-order valence-corrected chi connectivity index (χ3v) is 6.14. The fourth-order valence-electron chi connectivity index (χ4n) is 3.97. The highest BCUT2D eigenvalue weighted by Crippen LogP contribution is 2.27. The number of rotatable bonds is 6. The minimum Gasteiger partial charge on any atom is -0.382 e. The van der Waals surface area contributed by atoms with Gasteiger partial charge in [-0.1, -0.05) is 35.3 Å². The maximum absolute atomic E-state index is 6.42. The molecule has 2 aromatic carbocycles. The number of aryl methyl sites for hydroxylation is 1. The van der Waals surface area contributed by atoms with Gasteiger partial charge in [0.2, 0.25) is 0 Å². The lowest BCUT2D eigenvalue weighted by molar-refractivity contribution is 0.681. The largest absolute Gasteiger partial charge is 0.382 e. The summed E-state index contributed by atoms with van der Waals surface area (Å²) in [6.07, 6.45) is 3.17. The number of hydrogen-bond donors (Lipinski definition) is 3. The number of benzene rings is 2. The minimum absolute atomic E-state index is 0.368. The van der Waals surface area contributed by atoms with Crippen molar-refractivity contribution >= 4 is 51.1 Å². The number of nitrogens with zero attached hydrogens (tertiary/aromatic N) is 4. The summed E-state index contributed by atoms with van der Waals surface area (Å²) in [7, 11) is 0. The van der Waals surface area contributed by atoms with Gasteiger partial charge in [-0.05, 0) is 47.9 Å². The maximum atomic E-state index is 6.42. The van der Waals surface area contributed by atoms with Crippen LogP contribution in [0.2, 0.25) is 10.0 Å². The van der Waals surface area contributed by atoms with Gasteiger partial charge in [0.15, 0.2) is 11.5 Å². The predicted molar refractivity (Wildman–Crippen MR) is 129 cm³/mol. The molecule has 5 aromatic rings. The Morgan fingerprint density at radius 3 is 2.81 bits per heavy atom. The Morgan fingerprint density at radius 1 is 1.09 bits per heavy atom. The number of fused-ring (bicyclic) bond motifs is 2. The van der Waals surface area contributed by atoms with Gasteiger partial charge in [-0.2, -0.15) is 0 Å². The Morgan fingerprint density at radius 2 is 1.97 bits per heavy atom. The Hall–Kier alpha value is -3.13. The summed E-state index contributed by atoms with van der Waals surface area (Å²) >= 11 is 12.8. The van der Waals surface area contributed by atoms with E-state index in [1.165, 1.54) is 11.9 Å². The van der Waals surface area contributed by atoms with Crippen molar-refractivity contribution in [2.24, 2.45) is 0 Å². The van der Waals surface area contributed by atoms with Crippen LogP contribution in [0.4, 0.5) is 5.82 Å². The van der Waals surface area contributed by atoms with E-state index in [-0.39, 0.29) is 0 Å². The van der Waals surface area contributed by atoms with E-state index in [4.69, 9.17) is 28.9 Å². The van der Waals surface area contributed by atoms with Gasteiger partial charge in [0.1, 0.15) is 11.8 Å². The molecule has 3 aromatic heterocycles. The standard InChI is InChI=1S/C23H21Cl2N7/c1-13-3-2-4-19(25)18(13)9-27-8-17-7-14-5-16(24)6-15(20(14)31-17)10-32-12-30-21-22(26)28-11-29-23(21)32/h2-7,11-12,27,31H,8-10H2,1H3,(H2,26,28,29). The average molecular weight is 466 g/mol. The van der Waals surface area contributed by atoms with Gasteiger partial charge in [-0.3, -0.25) is 0 Å². The van der Waals surface area contributed by atoms with E-state index in [1.807, 2.05) is 28.8 Å². The number of imidazole rings is 1. The molecule has 5 rings (SSSR count). The van der Waals surface area contributed by atoms with E-state index in [0.29, 0.717) is 41.6 Å². The second kappa shape index (κ2) is 8.43. The quantitative estimate of drug-likeness (QED) is 0.333. The molecule has 4 N–H and O–H groups in total. The van der Waals surface area contributed by atoms with Crippen molar-refractivity contribution in [2.75, 3.05) is 5.73 Å². The number of nitrogens with two attached hydrogens (primary N) is 1. The number of anilines is 1. The molecule has 0 aliphatic carbocycles. The summed E-state index contributed by atoms with van der Waals surface area (Å²) < 4.78 is 1.94. The first-order valence-electron chi connectivity index (χ1n) is 10.2. The molecule has 0 bridgehead atoms. The zero-order valence-corrected chi connectivity index (χ0v) is 18.9. The molecule has 0 saturated heterocycles. The first-order valence-corrected chi connectivity index (χ1v) is 10.9. The van der Waals surface area contributed by atoms with Gasteiger partial charge in [0.05, 0.1) is 18.4 Å². The monoisotopic (exact) mass is 465 g/mol. The van der Waals surface area contributed by atoms with Crippen molar-refractivity contribution < 1.29 is 0 Å². The van der Waals surface area contributed by atoms with Gasteiger partial charge < -0.3 is 20.6 Å². The van der Waals surface area contributed by atoms with Crippen LogP contribution < -0.4 is 11.1 Å². The second-order valence-corrected chi connectivity index (χ2v) is 8.61. The van der Waals surface area contributed by atoms with E-state index in [1.54, 1.807) is 6.33 Å². The van der Waals surface area contributed by atoms with Crippen molar-refractivity contribution in [3.8, 4) is 0 Å². The molecule has 3 heterocycles. The minimum atomic E-state index is 0.368. The highest BCUT2D eigenvalue weighted by atomic mass is 35.5. The van der Waals surface area contributed by atoms with Crippen LogP contribution in [0.5, 0.6) is 0 Å². The van der Waals surface area contributed by atoms with Crippen LogP contribution in [-0.4, -0.2) is 24.5 Å². The Bertz CT molecular complexity index is 1420. The molecule has 0 saturated carbocycles. The van der Waals surface area contributed by atoms with E-state index in [0.717, 1.165) is 32.7 Å². The highest BCUT2D eigenvalue weighted by molar-refractivity contribution is 6.31. The lowest BCUT2D eigenvalue weighted by atomic mass is 10.1. The number of halogens is 2. The summed E-state index contributed by atoms with van der Waals surface area (Å²) in [6.45, 7) is 3.99. The smallest absolute Gasteiger partial charge is 0.165 e. The van der Waals surface area contributed by atoms with Gasteiger partial charge in [0.25, 0.3) is 0 Å². The van der Waals surface area contributed by atoms with E-state index >= 15 is 0 Å². The highest BCUT2D eigenvalue weighted by Gasteiger charge is 2.12. The number of nitrogens with one attached hydrogen (secondary N) is 2. The van der Waals surface area contributed by atoms with Gasteiger partial charge in [-0.15, -0.1) is 0 Å². The fraction of sp³-hybridized carbons (Fsp3) is 0.174. The molecule has 0 radical (unpaired) electrons. The normalized spacial score (nSPS) is 11.6. The van der Waals surface area contributed by atoms with E-state index in [9.17, 15) is 0 Å². The van der Waals surface area contributed by atoms with Crippen LogP contribution in [0.3, 0.4) is 0 Å². The lowest BCUT2D eigenvalue weighted by Gasteiger charge is -2.09. The van der Waals surface area contributed by atoms with E-state index in [2.05, 4.69) is 44.3 Å². The molecule has 9 heteroatoms. The maximum Gasteiger partial charge on any atom is 0.165 e. The molecule has 0 amide bonds. The molecular formula is C23H21Cl2N7. The second-order valence-electron chi connectivity index (χ2n) is 7.77. The van der Waals surface area contributed by atoms with Crippen LogP contribution in [-0.2, 0) is 19.6 Å². The lowest BCUT2D eigenvalue weighted by Crippen LogP contribution is -2.14. The fourth-order valence-corrected chi connectivity index (χ4v) is 4.51. The molecule has 32 heavy (non-hydrogen) atoms. The zero-order valence-electron chi connectivity index (χ0n) is 17.4. The first-order chi connectivity index (χ1) is 15.5. The molecule has 7 nitrogen and oxygen atoms in total. The summed E-state index contributed by atoms with van der Waals surface area (Å²) in [5, 5.41) is 5.98. The van der Waals surface area contributed by atoms with Crippen LogP contribution >= 0.6 is 23.2 Å². The molecule has 0 atom stereocenters. The molecule has 0 fully saturated rings. The SMILES string of the molecule is Cc1cccc(Cl)c1CNCc1cc2cc(Cl)cc(Cn3cnc4c(N)ncnc43)c2[nH]1. The van der Waals surface area contributed by atoms with E-state index < -0.39 is 0 Å². The number of hydrogen-bond acceptors (Lipinski definition) is 5. The average Bonchev–Trinajstić information content (AvgIpc) is 3.35. The Labute approximate surface area is 194 Å². The van der Waals surface area contributed by atoms with Crippen molar-refractivity contribution in [2.45, 2.75) is 26.6 Å². The predicted octanol–water partition coefficient (Wildman–Crippen LogP) is 4.84. The third-order valence-electron chi connectivity index (χ3n) is 5.57. The van der Waals surface area contributed by atoms with Crippen molar-refractivity contribution in [1.82, 2.24) is 29.8 Å². The van der Waals surface area contributed by atoms with Crippen LogP contribution in [0, 0.1) is 6.92 Å². The number of nitrogen functional groups attached to an aromatic ring is 1. The Kier molecular flexibility index (Phi) is 5.46. The third kappa shape index (κ3) is 3.90. The van der Waals surface area contributed by atoms with Crippen LogP contribution in [0.15, 0.2) is 49.1 Å². The first kappa shape index (κ1) is 20.8. The van der Waals surface area contributed by atoms with Crippen LogP contribution in [0.25, 0.3) is 22.1 Å². The molecular weight excluding hydrogens is 445 g/mol. The van der Waals surface area contributed by atoms with Crippen molar-refractivity contribution in [3.63, 3.8) is 0 Å². The zero-order chi connectivity index (χ0) is 22.2. The summed E-state index contributed by atoms with van der Waals surface area (Å²) in [5.41, 5.74) is 12.6. The van der Waals surface area contributed by atoms with Gasteiger partial charge in [-0.25, -0.2) is 15.0 Å². The molecule has 0 unspecified atom stereocenters. The van der Waals surface area contributed by atoms with Gasteiger partial charge >= 0.3 is 0 Å². The molecule has 0 aliphatic rings. The van der Waals surface area contributed by atoms with Gasteiger partial charge in [0, 0.05) is 34.2 Å². The van der Waals surface area contributed by atoms with Crippen molar-refractivity contribution in [1.29, 1.82) is 0 Å². The number of aromatic nitrogens is 5.